The van der Waals surface area contributed by atoms with E-state index in [9.17, 15) is 8.42 Å². The summed E-state index contributed by atoms with van der Waals surface area (Å²) in [5, 5.41) is 0. The standard InChI is InChI=1S/C9H14N4O2S/c1-6-7(12-9(10)11)4-3-5-8(6)13-16(2,14)15/h3-5,13H,1-2H3,(H4,10,11,12). The molecule has 6 nitrogen and oxygen atoms in total. The number of nitrogens with zero attached hydrogens (tertiary/aromatic N) is 1. The van der Waals surface area contributed by atoms with Crippen molar-refractivity contribution in [1.82, 2.24) is 0 Å². The monoisotopic (exact) mass is 242 g/mol. The Morgan fingerprint density at radius 3 is 2.50 bits per heavy atom. The molecule has 0 saturated carbocycles. The molecule has 88 valence electrons. The quantitative estimate of drug-likeness (QED) is 0.522. The smallest absolute Gasteiger partial charge is 0.229 e. The lowest BCUT2D eigenvalue weighted by atomic mass is 10.1. The zero-order valence-corrected chi connectivity index (χ0v) is 9.88. The number of nitrogens with one attached hydrogen (secondary N) is 1. The van der Waals surface area contributed by atoms with Crippen LogP contribution >= 0.6 is 0 Å². The van der Waals surface area contributed by atoms with E-state index < -0.39 is 10.0 Å². The zero-order valence-electron chi connectivity index (χ0n) is 9.06. The summed E-state index contributed by atoms with van der Waals surface area (Å²) in [4.78, 5) is 3.89. The van der Waals surface area contributed by atoms with Gasteiger partial charge in [-0.1, -0.05) is 6.07 Å². The molecular weight excluding hydrogens is 228 g/mol. The van der Waals surface area contributed by atoms with Crippen LogP contribution in [0.5, 0.6) is 0 Å². The number of rotatable bonds is 3. The molecule has 0 aliphatic rings. The Balaban J connectivity index is 3.19. The molecule has 16 heavy (non-hydrogen) atoms. The summed E-state index contributed by atoms with van der Waals surface area (Å²) in [6.07, 6.45) is 1.08. The van der Waals surface area contributed by atoms with Gasteiger partial charge in [0.15, 0.2) is 5.96 Å². The van der Waals surface area contributed by atoms with Gasteiger partial charge in [-0.25, -0.2) is 13.4 Å². The van der Waals surface area contributed by atoms with E-state index in [1.807, 2.05) is 0 Å². The van der Waals surface area contributed by atoms with Gasteiger partial charge in [0.05, 0.1) is 17.6 Å². The van der Waals surface area contributed by atoms with Gasteiger partial charge in [-0.15, -0.1) is 0 Å². The van der Waals surface area contributed by atoms with Crippen molar-refractivity contribution in [3.8, 4) is 0 Å². The van der Waals surface area contributed by atoms with Crippen molar-refractivity contribution in [3.63, 3.8) is 0 Å². The first-order valence-corrected chi connectivity index (χ1v) is 6.36. The molecule has 0 heterocycles. The van der Waals surface area contributed by atoms with Crippen LogP contribution in [-0.2, 0) is 10.0 Å². The van der Waals surface area contributed by atoms with Crippen molar-refractivity contribution >= 4 is 27.4 Å². The second-order valence-corrected chi connectivity index (χ2v) is 5.11. The molecule has 0 saturated heterocycles. The number of hydrogen-bond donors (Lipinski definition) is 3. The van der Waals surface area contributed by atoms with Gasteiger partial charge in [0.1, 0.15) is 0 Å². The van der Waals surface area contributed by atoms with Gasteiger partial charge < -0.3 is 11.5 Å². The number of nitrogens with two attached hydrogens (primary N) is 2. The maximum atomic E-state index is 11.1. The van der Waals surface area contributed by atoms with E-state index in [1.54, 1.807) is 25.1 Å². The number of benzene rings is 1. The fraction of sp³-hybridized carbons (Fsp3) is 0.222. The highest BCUT2D eigenvalue weighted by Crippen LogP contribution is 2.26. The number of guanidine groups is 1. The molecule has 0 aliphatic carbocycles. The SMILES string of the molecule is Cc1c(N=C(N)N)cccc1NS(C)(=O)=O. The van der Waals surface area contributed by atoms with Crippen molar-refractivity contribution in [2.75, 3.05) is 11.0 Å². The van der Waals surface area contributed by atoms with Crippen molar-refractivity contribution in [1.29, 1.82) is 0 Å². The van der Waals surface area contributed by atoms with Gasteiger partial charge in [0, 0.05) is 0 Å². The van der Waals surface area contributed by atoms with Gasteiger partial charge in [-0.2, -0.15) is 0 Å². The Morgan fingerprint density at radius 2 is 2.00 bits per heavy atom. The van der Waals surface area contributed by atoms with Crippen molar-refractivity contribution in [3.05, 3.63) is 23.8 Å². The van der Waals surface area contributed by atoms with Crippen LogP contribution < -0.4 is 16.2 Å². The minimum Gasteiger partial charge on any atom is -0.370 e. The lowest BCUT2D eigenvalue weighted by molar-refractivity contribution is 0.607. The van der Waals surface area contributed by atoms with E-state index in [1.165, 1.54) is 0 Å². The first kappa shape index (κ1) is 12.3. The second-order valence-electron chi connectivity index (χ2n) is 3.36. The first-order valence-electron chi connectivity index (χ1n) is 4.46. The van der Waals surface area contributed by atoms with Gasteiger partial charge in [-0.3, -0.25) is 4.72 Å². The molecular formula is C9H14N4O2S. The minimum atomic E-state index is -3.31. The van der Waals surface area contributed by atoms with E-state index in [4.69, 9.17) is 11.5 Å². The molecule has 7 heteroatoms. The van der Waals surface area contributed by atoms with Gasteiger partial charge in [0.2, 0.25) is 10.0 Å². The highest BCUT2D eigenvalue weighted by molar-refractivity contribution is 7.92. The van der Waals surface area contributed by atoms with E-state index in [-0.39, 0.29) is 5.96 Å². The minimum absolute atomic E-state index is 0.0698. The third kappa shape index (κ3) is 3.43. The van der Waals surface area contributed by atoms with E-state index in [2.05, 4.69) is 9.71 Å². The lowest BCUT2D eigenvalue weighted by Crippen LogP contribution is -2.22. The van der Waals surface area contributed by atoms with Crippen molar-refractivity contribution < 1.29 is 8.42 Å². The molecule has 0 bridgehead atoms. The van der Waals surface area contributed by atoms with Crippen LogP contribution in [0.3, 0.4) is 0 Å². The number of aliphatic imine (C=N–C) groups is 1. The second kappa shape index (κ2) is 4.40. The van der Waals surface area contributed by atoms with E-state index in [0.717, 1.165) is 6.26 Å². The van der Waals surface area contributed by atoms with Gasteiger partial charge in [0.25, 0.3) is 0 Å². The summed E-state index contributed by atoms with van der Waals surface area (Å²) in [6.45, 7) is 1.73. The first-order chi connectivity index (χ1) is 7.29. The number of sulfonamides is 1. The molecule has 0 amide bonds. The highest BCUT2D eigenvalue weighted by atomic mass is 32.2. The normalized spacial score (nSPS) is 10.9. The van der Waals surface area contributed by atoms with Crippen LogP contribution in [0.15, 0.2) is 23.2 Å². The molecule has 5 N–H and O–H groups in total. The lowest BCUT2D eigenvalue weighted by Gasteiger charge is -2.09. The topological polar surface area (TPSA) is 111 Å². The molecule has 1 rings (SSSR count). The molecule has 1 aromatic rings. The van der Waals surface area contributed by atoms with E-state index >= 15 is 0 Å². The summed E-state index contributed by atoms with van der Waals surface area (Å²) in [5.41, 5.74) is 12.2. The van der Waals surface area contributed by atoms with Crippen LogP contribution in [0.1, 0.15) is 5.56 Å². The van der Waals surface area contributed by atoms with Crippen LogP contribution in [0.2, 0.25) is 0 Å². The molecule has 1 aromatic carbocycles. The number of anilines is 1. The Morgan fingerprint density at radius 1 is 1.38 bits per heavy atom. The summed E-state index contributed by atoms with van der Waals surface area (Å²) in [7, 11) is -3.31. The molecule has 0 radical (unpaired) electrons. The fourth-order valence-electron chi connectivity index (χ4n) is 1.19. The average molecular weight is 242 g/mol. The Labute approximate surface area is 94.4 Å². The maximum absolute atomic E-state index is 11.1. The summed E-state index contributed by atoms with van der Waals surface area (Å²) in [6, 6.07) is 5.01. The number of hydrogen-bond acceptors (Lipinski definition) is 3. The fourth-order valence-corrected chi connectivity index (χ4v) is 1.81. The van der Waals surface area contributed by atoms with Gasteiger partial charge in [-0.05, 0) is 24.6 Å². The average Bonchev–Trinajstić information content (AvgIpc) is 2.09. The Kier molecular flexibility index (Phi) is 3.38. The Hall–Kier alpha value is -1.76. The zero-order chi connectivity index (χ0) is 12.3. The molecule has 0 spiro atoms. The van der Waals surface area contributed by atoms with Crippen LogP contribution in [0.4, 0.5) is 11.4 Å². The Bertz CT molecular complexity index is 518. The summed E-state index contributed by atoms with van der Waals surface area (Å²) >= 11 is 0. The van der Waals surface area contributed by atoms with Crippen LogP contribution in [0, 0.1) is 6.92 Å². The van der Waals surface area contributed by atoms with Crippen LogP contribution in [0.25, 0.3) is 0 Å². The predicted molar refractivity (Wildman–Crippen MR) is 65.1 cm³/mol. The molecule has 0 aromatic heterocycles. The highest BCUT2D eigenvalue weighted by Gasteiger charge is 2.07. The van der Waals surface area contributed by atoms with Crippen LogP contribution in [-0.4, -0.2) is 20.6 Å². The van der Waals surface area contributed by atoms with E-state index in [0.29, 0.717) is 16.9 Å². The molecule has 0 unspecified atom stereocenters. The van der Waals surface area contributed by atoms with Crippen molar-refractivity contribution in [2.24, 2.45) is 16.5 Å². The predicted octanol–water partition coefficient (Wildman–Crippen LogP) is 0.271. The van der Waals surface area contributed by atoms with Crippen molar-refractivity contribution in [2.45, 2.75) is 6.92 Å². The largest absolute Gasteiger partial charge is 0.370 e. The molecule has 0 aliphatic heterocycles. The molecule has 0 atom stereocenters. The summed E-state index contributed by atoms with van der Waals surface area (Å²) in [5.74, 6) is -0.0698. The maximum Gasteiger partial charge on any atom is 0.229 e. The third-order valence-corrected chi connectivity index (χ3v) is 2.44. The summed E-state index contributed by atoms with van der Waals surface area (Å²) < 4.78 is 24.6. The third-order valence-electron chi connectivity index (χ3n) is 1.85. The van der Waals surface area contributed by atoms with Gasteiger partial charge >= 0.3 is 0 Å². The molecule has 0 fully saturated rings.